The van der Waals surface area contributed by atoms with Crippen LogP contribution in [0.25, 0.3) is 11.3 Å². The Morgan fingerprint density at radius 3 is 2.93 bits per heavy atom. The first-order valence-electron chi connectivity index (χ1n) is 4.50. The van der Waals surface area contributed by atoms with Crippen molar-refractivity contribution in [2.75, 3.05) is 6.54 Å². The minimum Gasteiger partial charge on any atom is -0.329 e. The van der Waals surface area contributed by atoms with Crippen molar-refractivity contribution in [1.29, 1.82) is 0 Å². The van der Waals surface area contributed by atoms with E-state index in [1.165, 1.54) is 0 Å². The third-order valence-electron chi connectivity index (χ3n) is 2.08. The standard InChI is InChI=1S/C9H13N5/c1-13-6-8(4-12-13)9-5-11-7-14(9)3-2-10/h4-7H,2-3,10H2,1H3. The zero-order valence-electron chi connectivity index (χ0n) is 8.09. The average Bonchev–Trinajstić information content (AvgIpc) is 2.74. The Hall–Kier alpha value is -1.62. The molecule has 2 heterocycles. The van der Waals surface area contributed by atoms with Crippen molar-refractivity contribution in [3.8, 4) is 11.3 Å². The van der Waals surface area contributed by atoms with Crippen LogP contribution in [0.1, 0.15) is 0 Å². The summed E-state index contributed by atoms with van der Waals surface area (Å²) in [4.78, 5) is 4.10. The van der Waals surface area contributed by atoms with E-state index in [1.807, 2.05) is 30.2 Å². The molecule has 2 rings (SSSR count). The molecule has 2 N–H and O–H groups in total. The van der Waals surface area contributed by atoms with Crippen LogP contribution in [0.15, 0.2) is 24.9 Å². The molecule has 0 aromatic carbocycles. The second kappa shape index (κ2) is 3.63. The number of rotatable bonds is 3. The first-order chi connectivity index (χ1) is 6.81. The fourth-order valence-corrected chi connectivity index (χ4v) is 1.43. The second-order valence-electron chi connectivity index (χ2n) is 3.16. The zero-order valence-corrected chi connectivity index (χ0v) is 8.09. The Morgan fingerprint density at radius 2 is 2.29 bits per heavy atom. The summed E-state index contributed by atoms with van der Waals surface area (Å²) in [6.07, 6.45) is 7.40. The van der Waals surface area contributed by atoms with E-state index in [2.05, 4.69) is 10.1 Å². The lowest BCUT2D eigenvalue weighted by molar-refractivity contribution is 0.713. The average molecular weight is 191 g/mol. The van der Waals surface area contributed by atoms with Gasteiger partial charge in [-0.05, 0) is 0 Å². The van der Waals surface area contributed by atoms with Gasteiger partial charge in [-0.1, -0.05) is 0 Å². The highest BCUT2D eigenvalue weighted by atomic mass is 15.2. The Balaban J connectivity index is 2.36. The summed E-state index contributed by atoms with van der Waals surface area (Å²) in [6, 6.07) is 0. The molecule has 0 spiro atoms. The molecule has 5 nitrogen and oxygen atoms in total. The molecule has 0 aliphatic carbocycles. The van der Waals surface area contributed by atoms with Gasteiger partial charge in [0.2, 0.25) is 0 Å². The molecular formula is C9H13N5. The van der Waals surface area contributed by atoms with Gasteiger partial charge in [0.25, 0.3) is 0 Å². The number of nitrogens with zero attached hydrogens (tertiary/aromatic N) is 4. The molecule has 74 valence electrons. The van der Waals surface area contributed by atoms with Gasteiger partial charge in [0, 0.05) is 31.9 Å². The summed E-state index contributed by atoms with van der Waals surface area (Å²) < 4.78 is 3.80. The van der Waals surface area contributed by atoms with E-state index in [4.69, 9.17) is 5.73 Å². The minimum atomic E-state index is 0.615. The molecule has 0 radical (unpaired) electrons. The van der Waals surface area contributed by atoms with E-state index in [0.717, 1.165) is 17.8 Å². The van der Waals surface area contributed by atoms with Crippen LogP contribution in [-0.2, 0) is 13.6 Å². The van der Waals surface area contributed by atoms with E-state index in [9.17, 15) is 0 Å². The smallest absolute Gasteiger partial charge is 0.0951 e. The molecule has 0 bridgehead atoms. The van der Waals surface area contributed by atoms with Crippen molar-refractivity contribution in [3.63, 3.8) is 0 Å². The summed E-state index contributed by atoms with van der Waals surface area (Å²) in [7, 11) is 1.90. The van der Waals surface area contributed by atoms with Crippen LogP contribution in [0.2, 0.25) is 0 Å². The van der Waals surface area contributed by atoms with Crippen molar-refractivity contribution in [2.45, 2.75) is 6.54 Å². The highest BCUT2D eigenvalue weighted by molar-refractivity contribution is 5.56. The maximum Gasteiger partial charge on any atom is 0.0951 e. The Bertz CT molecular complexity index is 414. The molecule has 0 aliphatic heterocycles. The van der Waals surface area contributed by atoms with Crippen LogP contribution in [0, 0.1) is 0 Å². The molecule has 2 aromatic heterocycles. The van der Waals surface area contributed by atoms with Crippen molar-refractivity contribution < 1.29 is 0 Å². The molecule has 5 heteroatoms. The molecule has 14 heavy (non-hydrogen) atoms. The first kappa shape index (κ1) is 8.96. The number of imidazole rings is 1. The number of aryl methyl sites for hydroxylation is 1. The van der Waals surface area contributed by atoms with Crippen LogP contribution in [0.4, 0.5) is 0 Å². The van der Waals surface area contributed by atoms with Gasteiger partial charge in [0.1, 0.15) is 0 Å². The lowest BCUT2D eigenvalue weighted by Crippen LogP contribution is -2.09. The SMILES string of the molecule is Cn1cc(-c2cncn2CCN)cn1. The van der Waals surface area contributed by atoms with E-state index in [1.54, 1.807) is 11.0 Å². The first-order valence-corrected chi connectivity index (χ1v) is 4.50. The number of hydrogen-bond donors (Lipinski definition) is 1. The monoisotopic (exact) mass is 191 g/mol. The fourth-order valence-electron chi connectivity index (χ4n) is 1.43. The summed E-state index contributed by atoms with van der Waals surface area (Å²) >= 11 is 0. The molecule has 2 aromatic rings. The van der Waals surface area contributed by atoms with E-state index < -0.39 is 0 Å². The van der Waals surface area contributed by atoms with Crippen LogP contribution >= 0.6 is 0 Å². The summed E-state index contributed by atoms with van der Waals surface area (Å²) in [5.41, 5.74) is 7.63. The molecule has 0 saturated heterocycles. The maximum absolute atomic E-state index is 5.50. The van der Waals surface area contributed by atoms with Crippen molar-refractivity contribution in [3.05, 3.63) is 24.9 Å². The van der Waals surface area contributed by atoms with Gasteiger partial charge in [-0.2, -0.15) is 5.10 Å². The molecule has 0 unspecified atom stereocenters. The van der Waals surface area contributed by atoms with E-state index >= 15 is 0 Å². The van der Waals surface area contributed by atoms with Crippen LogP contribution in [-0.4, -0.2) is 25.9 Å². The molecule has 0 amide bonds. The summed E-state index contributed by atoms with van der Waals surface area (Å²) in [5.74, 6) is 0. The third kappa shape index (κ3) is 1.54. The van der Waals surface area contributed by atoms with E-state index in [-0.39, 0.29) is 0 Å². The molecule has 0 aliphatic rings. The normalized spacial score (nSPS) is 10.7. The number of aromatic nitrogens is 4. The maximum atomic E-state index is 5.50. The topological polar surface area (TPSA) is 61.7 Å². The second-order valence-corrected chi connectivity index (χ2v) is 3.16. The van der Waals surface area contributed by atoms with Gasteiger partial charge in [0.05, 0.1) is 24.4 Å². The van der Waals surface area contributed by atoms with Gasteiger partial charge in [-0.3, -0.25) is 4.68 Å². The van der Waals surface area contributed by atoms with Crippen molar-refractivity contribution in [2.24, 2.45) is 12.8 Å². The molecular weight excluding hydrogens is 178 g/mol. The van der Waals surface area contributed by atoms with Gasteiger partial charge < -0.3 is 10.3 Å². The van der Waals surface area contributed by atoms with Crippen LogP contribution < -0.4 is 5.73 Å². The largest absolute Gasteiger partial charge is 0.329 e. The molecule has 0 fully saturated rings. The van der Waals surface area contributed by atoms with Gasteiger partial charge in [-0.25, -0.2) is 4.98 Å². The number of nitrogens with two attached hydrogens (primary N) is 1. The van der Waals surface area contributed by atoms with Crippen LogP contribution in [0.5, 0.6) is 0 Å². The fraction of sp³-hybridized carbons (Fsp3) is 0.333. The highest BCUT2D eigenvalue weighted by Crippen LogP contribution is 2.17. The number of hydrogen-bond acceptors (Lipinski definition) is 3. The Kier molecular flexibility index (Phi) is 2.32. The zero-order chi connectivity index (χ0) is 9.97. The molecule has 0 atom stereocenters. The Morgan fingerprint density at radius 1 is 1.43 bits per heavy atom. The van der Waals surface area contributed by atoms with Gasteiger partial charge in [0.15, 0.2) is 0 Å². The highest BCUT2D eigenvalue weighted by Gasteiger charge is 2.05. The Labute approximate surface area is 82.2 Å². The predicted molar refractivity (Wildman–Crippen MR) is 53.5 cm³/mol. The van der Waals surface area contributed by atoms with Crippen molar-refractivity contribution in [1.82, 2.24) is 19.3 Å². The lowest BCUT2D eigenvalue weighted by atomic mass is 10.3. The summed E-state index contributed by atoms with van der Waals surface area (Å²) in [5, 5.41) is 4.12. The van der Waals surface area contributed by atoms with Gasteiger partial charge in [-0.15, -0.1) is 0 Å². The summed E-state index contributed by atoms with van der Waals surface area (Å²) in [6.45, 7) is 1.40. The van der Waals surface area contributed by atoms with Crippen LogP contribution in [0.3, 0.4) is 0 Å². The van der Waals surface area contributed by atoms with E-state index in [0.29, 0.717) is 6.54 Å². The lowest BCUT2D eigenvalue weighted by Gasteiger charge is -2.03. The minimum absolute atomic E-state index is 0.615. The molecule has 0 saturated carbocycles. The quantitative estimate of drug-likeness (QED) is 0.756. The predicted octanol–water partition coefficient (Wildman–Crippen LogP) is 0.242. The van der Waals surface area contributed by atoms with Gasteiger partial charge >= 0.3 is 0 Å². The third-order valence-corrected chi connectivity index (χ3v) is 2.08. The van der Waals surface area contributed by atoms with Crippen molar-refractivity contribution >= 4 is 0 Å².